The van der Waals surface area contributed by atoms with Gasteiger partial charge in [-0.15, -0.1) is 0 Å². The van der Waals surface area contributed by atoms with Gasteiger partial charge in [0.15, 0.2) is 0 Å². The molecule has 15 heavy (non-hydrogen) atoms. The first-order valence-corrected chi connectivity index (χ1v) is 7.65. The van der Waals surface area contributed by atoms with E-state index in [4.69, 9.17) is 0 Å². The SMILES string of the molecule is CCC(C)SCCNCCc1ccsc1. The molecule has 0 radical (unpaired) electrons. The summed E-state index contributed by atoms with van der Waals surface area (Å²) in [6.07, 6.45) is 2.44. The van der Waals surface area contributed by atoms with E-state index in [2.05, 4.69) is 47.8 Å². The van der Waals surface area contributed by atoms with Crippen LogP contribution < -0.4 is 5.32 Å². The molecule has 0 spiro atoms. The Morgan fingerprint density at radius 1 is 1.47 bits per heavy atom. The molecular weight excluding hydrogens is 222 g/mol. The minimum atomic E-state index is 0.809. The summed E-state index contributed by atoms with van der Waals surface area (Å²) in [4.78, 5) is 0. The third-order valence-corrected chi connectivity index (χ3v) is 4.50. The van der Waals surface area contributed by atoms with Gasteiger partial charge in [-0.3, -0.25) is 0 Å². The van der Waals surface area contributed by atoms with E-state index < -0.39 is 0 Å². The van der Waals surface area contributed by atoms with Crippen molar-refractivity contribution in [2.45, 2.75) is 31.9 Å². The van der Waals surface area contributed by atoms with Gasteiger partial charge < -0.3 is 5.32 Å². The van der Waals surface area contributed by atoms with Crippen molar-refractivity contribution in [2.75, 3.05) is 18.8 Å². The van der Waals surface area contributed by atoms with Crippen molar-refractivity contribution in [3.8, 4) is 0 Å². The monoisotopic (exact) mass is 243 g/mol. The van der Waals surface area contributed by atoms with E-state index in [0.717, 1.165) is 24.8 Å². The first-order chi connectivity index (χ1) is 7.33. The summed E-state index contributed by atoms with van der Waals surface area (Å²) in [5, 5.41) is 8.67. The van der Waals surface area contributed by atoms with Crippen molar-refractivity contribution in [1.29, 1.82) is 0 Å². The molecule has 0 saturated heterocycles. The number of rotatable bonds is 8. The summed E-state index contributed by atoms with van der Waals surface area (Å²) in [5.74, 6) is 1.23. The van der Waals surface area contributed by atoms with Crippen molar-refractivity contribution in [3.05, 3.63) is 22.4 Å². The molecule has 0 aliphatic carbocycles. The number of thiophene rings is 1. The second-order valence-electron chi connectivity index (χ2n) is 3.72. The number of hydrogen-bond acceptors (Lipinski definition) is 3. The van der Waals surface area contributed by atoms with Gasteiger partial charge in [-0.2, -0.15) is 23.1 Å². The van der Waals surface area contributed by atoms with Gasteiger partial charge in [0.25, 0.3) is 0 Å². The highest BCUT2D eigenvalue weighted by atomic mass is 32.2. The van der Waals surface area contributed by atoms with E-state index in [0.29, 0.717) is 0 Å². The minimum Gasteiger partial charge on any atom is -0.316 e. The lowest BCUT2D eigenvalue weighted by Gasteiger charge is -2.08. The Morgan fingerprint density at radius 2 is 2.33 bits per heavy atom. The Morgan fingerprint density at radius 3 is 3.00 bits per heavy atom. The van der Waals surface area contributed by atoms with Crippen LogP contribution in [0.4, 0.5) is 0 Å². The van der Waals surface area contributed by atoms with Crippen LogP contribution in [0.15, 0.2) is 16.8 Å². The van der Waals surface area contributed by atoms with Crippen LogP contribution in [-0.2, 0) is 6.42 Å². The van der Waals surface area contributed by atoms with Crippen molar-refractivity contribution < 1.29 is 0 Å². The second-order valence-corrected chi connectivity index (χ2v) is 6.05. The topological polar surface area (TPSA) is 12.0 Å². The highest BCUT2D eigenvalue weighted by Crippen LogP contribution is 2.12. The molecule has 1 aromatic heterocycles. The Labute approximate surface area is 102 Å². The maximum atomic E-state index is 3.49. The van der Waals surface area contributed by atoms with E-state index >= 15 is 0 Å². The molecular formula is C12H21NS2. The Kier molecular flexibility index (Phi) is 7.14. The molecule has 0 fully saturated rings. The van der Waals surface area contributed by atoms with Gasteiger partial charge in [0, 0.05) is 17.5 Å². The normalized spacial score (nSPS) is 12.9. The first kappa shape index (κ1) is 13.1. The zero-order valence-electron chi connectivity index (χ0n) is 9.66. The van der Waals surface area contributed by atoms with Crippen molar-refractivity contribution in [2.24, 2.45) is 0 Å². The molecule has 1 atom stereocenters. The van der Waals surface area contributed by atoms with Gasteiger partial charge in [-0.1, -0.05) is 13.8 Å². The molecule has 3 heteroatoms. The highest BCUT2D eigenvalue weighted by molar-refractivity contribution is 7.99. The summed E-state index contributed by atoms with van der Waals surface area (Å²) in [5.41, 5.74) is 1.46. The highest BCUT2D eigenvalue weighted by Gasteiger charge is 1.98. The number of thioether (sulfide) groups is 1. The second kappa shape index (κ2) is 8.20. The average Bonchev–Trinajstić information content (AvgIpc) is 2.75. The first-order valence-electron chi connectivity index (χ1n) is 5.66. The summed E-state index contributed by atoms with van der Waals surface area (Å²) in [7, 11) is 0. The van der Waals surface area contributed by atoms with Crippen molar-refractivity contribution in [1.82, 2.24) is 5.32 Å². The van der Waals surface area contributed by atoms with E-state index in [1.165, 1.54) is 17.7 Å². The molecule has 0 aromatic carbocycles. The maximum Gasteiger partial charge on any atom is 0.00607 e. The molecule has 1 rings (SSSR count). The van der Waals surface area contributed by atoms with Crippen LogP contribution in [0.1, 0.15) is 25.8 Å². The lowest BCUT2D eigenvalue weighted by Crippen LogP contribution is -2.20. The maximum absolute atomic E-state index is 3.49. The fraction of sp³-hybridized carbons (Fsp3) is 0.667. The molecule has 0 saturated carbocycles. The molecule has 0 amide bonds. The molecule has 1 nitrogen and oxygen atoms in total. The largest absolute Gasteiger partial charge is 0.316 e. The van der Waals surface area contributed by atoms with Gasteiger partial charge in [0.05, 0.1) is 0 Å². The van der Waals surface area contributed by atoms with Gasteiger partial charge in [-0.05, 0) is 41.8 Å². The van der Waals surface area contributed by atoms with Crippen LogP contribution in [0, 0.1) is 0 Å². The smallest absolute Gasteiger partial charge is 0.00607 e. The van der Waals surface area contributed by atoms with Gasteiger partial charge in [0.2, 0.25) is 0 Å². The predicted molar refractivity (Wildman–Crippen MR) is 73.1 cm³/mol. The molecule has 1 unspecified atom stereocenters. The molecule has 0 aliphatic heterocycles. The Hall–Kier alpha value is 0.01000. The van der Waals surface area contributed by atoms with E-state index in [1.54, 1.807) is 11.3 Å². The zero-order valence-corrected chi connectivity index (χ0v) is 11.3. The van der Waals surface area contributed by atoms with E-state index in [-0.39, 0.29) is 0 Å². The number of nitrogens with one attached hydrogen (secondary N) is 1. The predicted octanol–water partition coefficient (Wildman–Crippen LogP) is 3.41. The Balaban J connectivity index is 1.89. The summed E-state index contributed by atoms with van der Waals surface area (Å²) in [6, 6.07) is 2.21. The van der Waals surface area contributed by atoms with Gasteiger partial charge in [0.1, 0.15) is 0 Å². The fourth-order valence-corrected chi connectivity index (χ4v) is 2.85. The van der Waals surface area contributed by atoms with Gasteiger partial charge >= 0.3 is 0 Å². The molecule has 0 bridgehead atoms. The summed E-state index contributed by atoms with van der Waals surface area (Å²) >= 11 is 3.85. The standard InChI is InChI=1S/C12H21NS2/c1-3-11(2)15-9-7-13-6-4-12-5-8-14-10-12/h5,8,10-11,13H,3-4,6-7,9H2,1-2H3. The summed E-state index contributed by atoms with van der Waals surface area (Å²) in [6.45, 7) is 6.80. The molecule has 1 heterocycles. The molecule has 86 valence electrons. The zero-order chi connectivity index (χ0) is 10.9. The molecule has 1 aromatic rings. The number of hydrogen-bond donors (Lipinski definition) is 1. The van der Waals surface area contributed by atoms with Crippen molar-refractivity contribution >= 4 is 23.1 Å². The molecule has 1 N–H and O–H groups in total. The quantitative estimate of drug-likeness (QED) is 0.702. The third-order valence-electron chi connectivity index (χ3n) is 2.43. The van der Waals surface area contributed by atoms with Crippen molar-refractivity contribution in [3.63, 3.8) is 0 Å². The van der Waals surface area contributed by atoms with Crippen LogP contribution >= 0.6 is 23.1 Å². The Bertz CT molecular complexity index is 234. The minimum absolute atomic E-state index is 0.809. The van der Waals surface area contributed by atoms with Crippen LogP contribution in [0.5, 0.6) is 0 Å². The van der Waals surface area contributed by atoms with E-state index in [9.17, 15) is 0 Å². The van der Waals surface area contributed by atoms with E-state index in [1.807, 2.05) is 0 Å². The lowest BCUT2D eigenvalue weighted by molar-refractivity contribution is 0.721. The average molecular weight is 243 g/mol. The summed E-state index contributed by atoms with van der Waals surface area (Å²) < 4.78 is 0. The lowest BCUT2D eigenvalue weighted by atomic mass is 10.2. The van der Waals surface area contributed by atoms with Crippen LogP contribution in [-0.4, -0.2) is 24.1 Å². The van der Waals surface area contributed by atoms with Crippen LogP contribution in [0.2, 0.25) is 0 Å². The van der Waals surface area contributed by atoms with Crippen LogP contribution in [0.25, 0.3) is 0 Å². The van der Waals surface area contributed by atoms with Gasteiger partial charge in [-0.25, -0.2) is 0 Å². The fourth-order valence-electron chi connectivity index (χ4n) is 1.24. The van der Waals surface area contributed by atoms with Crippen LogP contribution in [0.3, 0.4) is 0 Å². The molecule has 0 aliphatic rings. The third kappa shape index (κ3) is 6.23.